The van der Waals surface area contributed by atoms with Crippen molar-refractivity contribution in [3.05, 3.63) is 22.4 Å². The third-order valence-electron chi connectivity index (χ3n) is 3.50. The Balaban J connectivity index is 1.84. The molecule has 2 unspecified atom stereocenters. The number of nitrogens with two attached hydrogens (primary N) is 1. The Morgan fingerprint density at radius 3 is 3.00 bits per heavy atom. The van der Waals surface area contributed by atoms with Crippen molar-refractivity contribution in [3.63, 3.8) is 0 Å². The van der Waals surface area contributed by atoms with Crippen molar-refractivity contribution in [2.45, 2.75) is 38.1 Å². The second-order valence-electron chi connectivity index (χ2n) is 4.76. The van der Waals surface area contributed by atoms with Gasteiger partial charge in [0.25, 0.3) is 0 Å². The predicted octanol–water partition coefficient (Wildman–Crippen LogP) is 1.92. The number of hydrogen-bond acceptors (Lipinski definition) is 3. The number of rotatable bonds is 4. The van der Waals surface area contributed by atoms with E-state index in [2.05, 4.69) is 5.32 Å². The molecule has 0 aromatic carbocycles. The number of amides is 1. The zero-order chi connectivity index (χ0) is 12.1. The monoisotopic (exact) mass is 252 g/mol. The van der Waals surface area contributed by atoms with Crippen LogP contribution in [0.15, 0.2) is 16.8 Å². The van der Waals surface area contributed by atoms with Gasteiger partial charge in [0, 0.05) is 6.04 Å². The molecular formula is C13H20N2OS. The van der Waals surface area contributed by atoms with E-state index >= 15 is 0 Å². The maximum Gasteiger partial charge on any atom is 0.224 e. The Morgan fingerprint density at radius 2 is 2.29 bits per heavy atom. The average molecular weight is 252 g/mol. The summed E-state index contributed by atoms with van der Waals surface area (Å²) in [6.45, 7) is 0.684. The Bertz CT molecular complexity index is 350. The Hall–Kier alpha value is -0.870. The van der Waals surface area contributed by atoms with Crippen LogP contribution in [0.25, 0.3) is 0 Å². The fourth-order valence-electron chi connectivity index (χ4n) is 2.52. The SMILES string of the molecule is NCC1CCCCC1NC(=O)Cc1ccsc1. The zero-order valence-electron chi connectivity index (χ0n) is 10.0. The van der Waals surface area contributed by atoms with E-state index in [1.165, 1.54) is 12.8 Å². The molecule has 0 radical (unpaired) electrons. The van der Waals surface area contributed by atoms with Crippen molar-refractivity contribution in [1.82, 2.24) is 5.32 Å². The summed E-state index contributed by atoms with van der Waals surface area (Å²) in [7, 11) is 0. The first-order valence-electron chi connectivity index (χ1n) is 6.30. The standard InChI is InChI=1S/C13H20N2OS/c14-8-11-3-1-2-4-12(11)15-13(16)7-10-5-6-17-9-10/h5-6,9,11-12H,1-4,7-8,14H2,(H,15,16). The average Bonchev–Trinajstić information content (AvgIpc) is 2.82. The molecule has 1 aliphatic carbocycles. The Kier molecular flexibility index (Phi) is 4.57. The number of nitrogens with one attached hydrogen (secondary N) is 1. The minimum absolute atomic E-state index is 0.133. The van der Waals surface area contributed by atoms with E-state index in [1.54, 1.807) is 11.3 Å². The third kappa shape index (κ3) is 3.54. The lowest BCUT2D eigenvalue weighted by Crippen LogP contribution is -2.45. The summed E-state index contributed by atoms with van der Waals surface area (Å²) in [6.07, 6.45) is 5.19. The summed E-state index contributed by atoms with van der Waals surface area (Å²) in [4.78, 5) is 11.9. The van der Waals surface area contributed by atoms with Gasteiger partial charge in [0.1, 0.15) is 0 Å². The van der Waals surface area contributed by atoms with Gasteiger partial charge in [-0.2, -0.15) is 11.3 Å². The predicted molar refractivity (Wildman–Crippen MR) is 71.0 cm³/mol. The summed E-state index contributed by atoms with van der Waals surface area (Å²) in [6, 6.07) is 2.30. The fourth-order valence-corrected chi connectivity index (χ4v) is 3.18. The van der Waals surface area contributed by atoms with Gasteiger partial charge < -0.3 is 11.1 Å². The van der Waals surface area contributed by atoms with Crippen LogP contribution < -0.4 is 11.1 Å². The molecule has 1 aliphatic rings. The van der Waals surface area contributed by atoms with Crippen molar-refractivity contribution in [2.24, 2.45) is 11.7 Å². The zero-order valence-corrected chi connectivity index (χ0v) is 10.8. The van der Waals surface area contributed by atoms with Crippen LogP contribution in [0.5, 0.6) is 0 Å². The quantitative estimate of drug-likeness (QED) is 0.860. The van der Waals surface area contributed by atoms with Gasteiger partial charge >= 0.3 is 0 Å². The molecular weight excluding hydrogens is 232 g/mol. The van der Waals surface area contributed by atoms with E-state index in [9.17, 15) is 4.79 Å². The van der Waals surface area contributed by atoms with E-state index in [1.807, 2.05) is 16.8 Å². The summed E-state index contributed by atoms with van der Waals surface area (Å²) < 4.78 is 0. The van der Waals surface area contributed by atoms with Crippen LogP contribution in [0.3, 0.4) is 0 Å². The van der Waals surface area contributed by atoms with Crippen molar-refractivity contribution in [2.75, 3.05) is 6.54 Å². The molecule has 1 amide bonds. The largest absolute Gasteiger partial charge is 0.353 e. The molecule has 0 spiro atoms. The van der Waals surface area contributed by atoms with E-state index in [-0.39, 0.29) is 5.91 Å². The lowest BCUT2D eigenvalue weighted by atomic mass is 9.84. The number of thiophene rings is 1. The van der Waals surface area contributed by atoms with Crippen molar-refractivity contribution >= 4 is 17.2 Å². The minimum Gasteiger partial charge on any atom is -0.353 e. The van der Waals surface area contributed by atoms with Crippen molar-refractivity contribution in [3.8, 4) is 0 Å². The lowest BCUT2D eigenvalue weighted by molar-refractivity contribution is -0.121. The molecule has 3 N–H and O–H groups in total. The first kappa shape index (κ1) is 12.6. The topological polar surface area (TPSA) is 55.1 Å². The maximum atomic E-state index is 11.9. The minimum atomic E-state index is 0.133. The smallest absolute Gasteiger partial charge is 0.224 e. The van der Waals surface area contributed by atoms with Gasteiger partial charge in [0.15, 0.2) is 0 Å². The number of carbonyl (C=O) groups excluding carboxylic acids is 1. The molecule has 1 fully saturated rings. The van der Waals surface area contributed by atoms with Crippen LogP contribution in [0.4, 0.5) is 0 Å². The highest BCUT2D eigenvalue weighted by molar-refractivity contribution is 7.07. The van der Waals surface area contributed by atoms with Crippen LogP contribution in [-0.4, -0.2) is 18.5 Å². The molecule has 0 aliphatic heterocycles. The van der Waals surface area contributed by atoms with Crippen molar-refractivity contribution < 1.29 is 4.79 Å². The second-order valence-corrected chi connectivity index (χ2v) is 5.54. The second kappa shape index (κ2) is 6.17. The van der Waals surface area contributed by atoms with E-state index in [0.717, 1.165) is 18.4 Å². The molecule has 4 heteroatoms. The van der Waals surface area contributed by atoms with Gasteiger partial charge in [-0.25, -0.2) is 0 Å². The highest BCUT2D eigenvalue weighted by atomic mass is 32.1. The first-order chi connectivity index (χ1) is 8.29. The van der Waals surface area contributed by atoms with E-state index in [4.69, 9.17) is 5.73 Å². The van der Waals surface area contributed by atoms with Crippen LogP contribution in [0.1, 0.15) is 31.2 Å². The first-order valence-corrected chi connectivity index (χ1v) is 7.24. The van der Waals surface area contributed by atoms with Gasteiger partial charge in [0.05, 0.1) is 6.42 Å². The molecule has 94 valence electrons. The Morgan fingerprint density at radius 1 is 1.47 bits per heavy atom. The highest BCUT2D eigenvalue weighted by Gasteiger charge is 2.25. The molecule has 1 saturated carbocycles. The van der Waals surface area contributed by atoms with Gasteiger partial charge in [-0.05, 0) is 47.7 Å². The van der Waals surface area contributed by atoms with Gasteiger partial charge in [-0.3, -0.25) is 4.79 Å². The molecule has 17 heavy (non-hydrogen) atoms. The number of carbonyl (C=O) groups is 1. The summed E-state index contributed by atoms with van der Waals surface area (Å²) in [5.74, 6) is 0.601. The van der Waals surface area contributed by atoms with Crippen LogP contribution in [0, 0.1) is 5.92 Å². The molecule has 1 heterocycles. The van der Waals surface area contributed by atoms with Crippen LogP contribution in [0.2, 0.25) is 0 Å². The maximum absolute atomic E-state index is 11.9. The summed E-state index contributed by atoms with van der Waals surface area (Å²) >= 11 is 1.63. The normalized spacial score (nSPS) is 24.5. The Labute approximate surface area is 106 Å². The van der Waals surface area contributed by atoms with Gasteiger partial charge in [-0.1, -0.05) is 12.8 Å². The highest BCUT2D eigenvalue weighted by Crippen LogP contribution is 2.23. The lowest BCUT2D eigenvalue weighted by Gasteiger charge is -2.31. The summed E-state index contributed by atoms with van der Waals surface area (Å²) in [5.41, 5.74) is 6.86. The van der Waals surface area contributed by atoms with E-state index < -0.39 is 0 Å². The third-order valence-corrected chi connectivity index (χ3v) is 4.24. The molecule has 2 atom stereocenters. The van der Waals surface area contributed by atoms with Gasteiger partial charge in [0.2, 0.25) is 5.91 Å². The van der Waals surface area contributed by atoms with E-state index in [0.29, 0.717) is 24.9 Å². The molecule has 2 rings (SSSR count). The van der Waals surface area contributed by atoms with Crippen molar-refractivity contribution in [1.29, 1.82) is 0 Å². The van der Waals surface area contributed by atoms with Crippen LogP contribution >= 0.6 is 11.3 Å². The molecule has 0 bridgehead atoms. The molecule has 0 saturated heterocycles. The van der Waals surface area contributed by atoms with Gasteiger partial charge in [-0.15, -0.1) is 0 Å². The molecule has 1 aromatic rings. The molecule has 1 aromatic heterocycles. The summed E-state index contributed by atoms with van der Waals surface area (Å²) in [5, 5.41) is 7.18. The fraction of sp³-hybridized carbons (Fsp3) is 0.615. The van der Waals surface area contributed by atoms with Crippen LogP contribution in [-0.2, 0) is 11.2 Å². The number of hydrogen-bond donors (Lipinski definition) is 2. The molecule has 3 nitrogen and oxygen atoms in total.